The fourth-order valence-electron chi connectivity index (χ4n) is 1.60. The van der Waals surface area contributed by atoms with Crippen LogP contribution in [0.25, 0.3) is 0 Å². The molecule has 0 aliphatic carbocycles. The number of nitrogens with two attached hydrogens (primary N) is 1. The van der Waals surface area contributed by atoms with Gasteiger partial charge in [-0.2, -0.15) is 0 Å². The van der Waals surface area contributed by atoms with Crippen molar-refractivity contribution in [1.29, 1.82) is 5.41 Å². The first kappa shape index (κ1) is 10.6. The summed E-state index contributed by atoms with van der Waals surface area (Å²) in [5.74, 6) is 0.954. The molecule has 0 aliphatic rings. The SMILES string of the molecule is CCOc1cc(C)c(C(=N)N)c(C)c1. The zero-order valence-corrected chi connectivity index (χ0v) is 8.85. The molecule has 3 nitrogen and oxygen atoms in total. The number of rotatable bonds is 3. The second-order valence-corrected chi connectivity index (χ2v) is 3.28. The van der Waals surface area contributed by atoms with E-state index in [0.717, 1.165) is 22.4 Å². The van der Waals surface area contributed by atoms with Crippen molar-refractivity contribution in [3.8, 4) is 5.75 Å². The van der Waals surface area contributed by atoms with E-state index in [-0.39, 0.29) is 5.84 Å². The van der Waals surface area contributed by atoms with Crippen molar-refractivity contribution in [2.45, 2.75) is 20.8 Å². The number of hydrogen-bond donors (Lipinski definition) is 2. The van der Waals surface area contributed by atoms with Crippen LogP contribution in [0.4, 0.5) is 0 Å². The molecule has 0 amide bonds. The zero-order valence-electron chi connectivity index (χ0n) is 8.85. The van der Waals surface area contributed by atoms with Crippen LogP contribution in [-0.4, -0.2) is 12.4 Å². The molecule has 1 rings (SSSR count). The van der Waals surface area contributed by atoms with E-state index in [9.17, 15) is 0 Å². The van der Waals surface area contributed by atoms with Gasteiger partial charge in [0.25, 0.3) is 0 Å². The summed E-state index contributed by atoms with van der Waals surface area (Å²) in [7, 11) is 0. The first-order valence-corrected chi connectivity index (χ1v) is 4.64. The lowest BCUT2D eigenvalue weighted by molar-refractivity contribution is 0.340. The molecule has 14 heavy (non-hydrogen) atoms. The maximum atomic E-state index is 7.43. The molecule has 0 fully saturated rings. The van der Waals surface area contributed by atoms with E-state index in [1.807, 2.05) is 32.9 Å². The monoisotopic (exact) mass is 192 g/mol. The Morgan fingerprint density at radius 3 is 2.21 bits per heavy atom. The summed E-state index contributed by atoms with van der Waals surface area (Å²) in [4.78, 5) is 0. The normalized spacial score (nSPS) is 9.93. The summed E-state index contributed by atoms with van der Waals surface area (Å²) in [6, 6.07) is 3.82. The van der Waals surface area contributed by atoms with Crippen LogP contribution < -0.4 is 10.5 Å². The summed E-state index contributed by atoms with van der Waals surface area (Å²) >= 11 is 0. The summed E-state index contributed by atoms with van der Waals surface area (Å²) in [5.41, 5.74) is 8.27. The minimum Gasteiger partial charge on any atom is -0.494 e. The van der Waals surface area contributed by atoms with Crippen LogP contribution in [0.3, 0.4) is 0 Å². The molecule has 0 saturated carbocycles. The highest BCUT2D eigenvalue weighted by Gasteiger charge is 2.07. The van der Waals surface area contributed by atoms with Crippen LogP contribution in [-0.2, 0) is 0 Å². The Bertz CT molecular complexity index is 335. The summed E-state index contributed by atoms with van der Waals surface area (Å²) in [6.07, 6.45) is 0. The van der Waals surface area contributed by atoms with E-state index in [0.29, 0.717) is 6.61 Å². The van der Waals surface area contributed by atoms with Gasteiger partial charge in [-0.25, -0.2) is 0 Å². The van der Waals surface area contributed by atoms with Gasteiger partial charge >= 0.3 is 0 Å². The molecule has 0 spiro atoms. The van der Waals surface area contributed by atoms with E-state index in [2.05, 4.69) is 0 Å². The van der Waals surface area contributed by atoms with Crippen LogP contribution in [0.1, 0.15) is 23.6 Å². The highest BCUT2D eigenvalue weighted by molar-refractivity contribution is 5.97. The van der Waals surface area contributed by atoms with Crippen LogP contribution in [0.15, 0.2) is 12.1 Å². The number of benzene rings is 1. The molecule has 0 saturated heterocycles. The van der Waals surface area contributed by atoms with E-state index >= 15 is 0 Å². The minimum atomic E-state index is 0.114. The van der Waals surface area contributed by atoms with Crippen LogP contribution >= 0.6 is 0 Å². The number of nitrogens with one attached hydrogen (secondary N) is 1. The van der Waals surface area contributed by atoms with Gasteiger partial charge in [0.2, 0.25) is 0 Å². The van der Waals surface area contributed by atoms with Gasteiger partial charge in [-0.1, -0.05) is 0 Å². The summed E-state index contributed by atoms with van der Waals surface area (Å²) < 4.78 is 5.39. The smallest absolute Gasteiger partial charge is 0.123 e. The average Bonchev–Trinajstić information content (AvgIpc) is 2.01. The van der Waals surface area contributed by atoms with Crippen molar-refractivity contribution in [3.63, 3.8) is 0 Å². The zero-order chi connectivity index (χ0) is 10.7. The molecular formula is C11H16N2O. The number of ether oxygens (including phenoxy) is 1. The van der Waals surface area contributed by atoms with Crippen LogP contribution in [0.5, 0.6) is 5.75 Å². The molecule has 0 bridgehead atoms. The largest absolute Gasteiger partial charge is 0.494 e. The third-order valence-corrected chi connectivity index (χ3v) is 2.09. The topological polar surface area (TPSA) is 59.1 Å². The van der Waals surface area contributed by atoms with E-state index in [4.69, 9.17) is 15.9 Å². The number of amidine groups is 1. The van der Waals surface area contributed by atoms with Crippen molar-refractivity contribution in [1.82, 2.24) is 0 Å². The Labute approximate surface area is 84.4 Å². The molecule has 0 heterocycles. The molecule has 3 N–H and O–H groups in total. The van der Waals surface area contributed by atoms with E-state index in [1.165, 1.54) is 0 Å². The highest BCUT2D eigenvalue weighted by Crippen LogP contribution is 2.21. The van der Waals surface area contributed by atoms with Crippen molar-refractivity contribution in [2.24, 2.45) is 5.73 Å². The maximum Gasteiger partial charge on any atom is 0.123 e. The molecule has 76 valence electrons. The second-order valence-electron chi connectivity index (χ2n) is 3.28. The third kappa shape index (κ3) is 2.05. The lowest BCUT2D eigenvalue weighted by atomic mass is 10.0. The van der Waals surface area contributed by atoms with Crippen molar-refractivity contribution in [2.75, 3.05) is 6.61 Å². The average molecular weight is 192 g/mol. The third-order valence-electron chi connectivity index (χ3n) is 2.09. The lowest BCUT2D eigenvalue weighted by Crippen LogP contribution is -2.14. The van der Waals surface area contributed by atoms with Gasteiger partial charge < -0.3 is 10.5 Å². The first-order chi connectivity index (χ1) is 6.56. The van der Waals surface area contributed by atoms with Crippen molar-refractivity contribution in [3.05, 3.63) is 28.8 Å². The van der Waals surface area contributed by atoms with E-state index < -0.39 is 0 Å². The Hall–Kier alpha value is -1.51. The standard InChI is InChI=1S/C11H16N2O/c1-4-14-9-5-7(2)10(11(12)13)8(3)6-9/h5-6H,4H2,1-3H3,(H3,12,13). The predicted molar refractivity (Wildman–Crippen MR) is 58.1 cm³/mol. The number of hydrogen-bond acceptors (Lipinski definition) is 2. The van der Waals surface area contributed by atoms with Gasteiger partial charge in [-0.3, -0.25) is 5.41 Å². The molecule has 1 aromatic rings. The van der Waals surface area contributed by atoms with Gasteiger partial charge in [0.15, 0.2) is 0 Å². The first-order valence-electron chi connectivity index (χ1n) is 4.64. The molecule has 3 heteroatoms. The molecule has 0 aliphatic heterocycles. The fourth-order valence-corrected chi connectivity index (χ4v) is 1.60. The highest BCUT2D eigenvalue weighted by atomic mass is 16.5. The van der Waals surface area contributed by atoms with Gasteiger partial charge in [0, 0.05) is 5.56 Å². The van der Waals surface area contributed by atoms with E-state index in [1.54, 1.807) is 0 Å². The molecule has 0 radical (unpaired) electrons. The minimum absolute atomic E-state index is 0.114. The molecule has 0 aromatic heterocycles. The second kappa shape index (κ2) is 4.13. The Morgan fingerprint density at radius 2 is 1.86 bits per heavy atom. The summed E-state index contributed by atoms with van der Waals surface area (Å²) in [6.45, 7) is 6.47. The molecule has 0 unspecified atom stereocenters. The Kier molecular flexibility index (Phi) is 3.12. The quantitative estimate of drug-likeness (QED) is 0.568. The van der Waals surface area contributed by atoms with Gasteiger partial charge in [-0.05, 0) is 44.0 Å². The molecule has 0 atom stereocenters. The lowest BCUT2D eigenvalue weighted by Gasteiger charge is -2.11. The van der Waals surface area contributed by atoms with Crippen LogP contribution in [0.2, 0.25) is 0 Å². The van der Waals surface area contributed by atoms with Gasteiger partial charge in [-0.15, -0.1) is 0 Å². The number of aryl methyl sites for hydroxylation is 2. The number of nitrogen functional groups attached to an aromatic ring is 1. The maximum absolute atomic E-state index is 7.43. The summed E-state index contributed by atoms with van der Waals surface area (Å²) in [5, 5.41) is 7.43. The predicted octanol–water partition coefficient (Wildman–Crippen LogP) is 1.99. The fraction of sp³-hybridized carbons (Fsp3) is 0.364. The Balaban J connectivity index is 3.18. The molecular weight excluding hydrogens is 176 g/mol. The Morgan fingerprint density at radius 1 is 1.36 bits per heavy atom. The van der Waals surface area contributed by atoms with Crippen LogP contribution in [0, 0.1) is 19.3 Å². The molecule has 1 aromatic carbocycles. The van der Waals surface area contributed by atoms with Crippen molar-refractivity contribution < 1.29 is 4.74 Å². The van der Waals surface area contributed by atoms with Gasteiger partial charge in [0.05, 0.1) is 6.61 Å². The van der Waals surface area contributed by atoms with Gasteiger partial charge in [0.1, 0.15) is 11.6 Å². The van der Waals surface area contributed by atoms with Crippen molar-refractivity contribution >= 4 is 5.84 Å².